The molecule has 0 aliphatic heterocycles. The number of carbonyl (C=O) groups excluding carboxylic acids is 1. The number of carbonyl (C=O) groups is 1. The Hall–Kier alpha value is -2.41. The normalized spacial score (nSPS) is 11.1. The molecule has 0 amide bonds. The smallest absolute Gasteiger partial charge is 0.353 e. The van der Waals surface area contributed by atoms with E-state index >= 15 is 0 Å². The van der Waals surface area contributed by atoms with Crippen LogP contribution >= 0.6 is 34.5 Å². The predicted molar refractivity (Wildman–Crippen MR) is 105 cm³/mol. The second-order valence-corrected chi connectivity index (χ2v) is 7.65. The molecule has 0 saturated heterocycles. The molecule has 0 atom stereocenters. The maximum absolute atomic E-state index is 13.1. The number of benzene rings is 2. The third kappa shape index (κ3) is 3.43. The molecule has 4 aromatic rings. The van der Waals surface area contributed by atoms with Gasteiger partial charge >= 0.3 is 5.97 Å². The molecule has 136 valence electrons. The summed E-state index contributed by atoms with van der Waals surface area (Å²) in [5.41, 5.74) is 1.64. The van der Waals surface area contributed by atoms with Crippen LogP contribution in [0, 0.1) is 5.82 Å². The molecule has 2 heterocycles. The van der Waals surface area contributed by atoms with Gasteiger partial charge in [0.25, 0.3) is 0 Å². The Morgan fingerprint density at radius 1 is 1.15 bits per heavy atom. The highest BCUT2D eigenvalue weighted by atomic mass is 35.5. The third-order valence-electron chi connectivity index (χ3n) is 3.93. The van der Waals surface area contributed by atoms with Crippen LogP contribution in [-0.4, -0.2) is 15.7 Å². The number of hydrogen-bond donors (Lipinski definition) is 0. The lowest BCUT2D eigenvalue weighted by Gasteiger charge is -2.04. The van der Waals surface area contributed by atoms with Crippen LogP contribution in [0.1, 0.15) is 9.67 Å². The highest BCUT2D eigenvalue weighted by Gasteiger charge is 2.20. The molecule has 2 aromatic heterocycles. The lowest BCUT2D eigenvalue weighted by atomic mass is 10.1. The Morgan fingerprint density at radius 3 is 2.59 bits per heavy atom. The van der Waals surface area contributed by atoms with E-state index in [0.717, 1.165) is 27.5 Å². The van der Waals surface area contributed by atoms with Crippen molar-refractivity contribution >= 4 is 50.7 Å². The van der Waals surface area contributed by atoms with Crippen molar-refractivity contribution in [1.29, 1.82) is 0 Å². The van der Waals surface area contributed by atoms with Crippen molar-refractivity contribution in [3.05, 3.63) is 69.3 Å². The summed E-state index contributed by atoms with van der Waals surface area (Å²) in [5, 5.41) is 6.03. The van der Waals surface area contributed by atoms with Gasteiger partial charge in [0.05, 0.1) is 5.02 Å². The molecule has 0 aliphatic carbocycles. The number of esters is 1. The van der Waals surface area contributed by atoms with Crippen molar-refractivity contribution in [2.24, 2.45) is 7.05 Å². The Bertz CT molecular complexity index is 1170. The summed E-state index contributed by atoms with van der Waals surface area (Å²) in [6.07, 6.45) is 0. The van der Waals surface area contributed by atoms with Crippen molar-refractivity contribution in [3.63, 3.8) is 0 Å². The zero-order valence-corrected chi connectivity index (χ0v) is 16.2. The van der Waals surface area contributed by atoms with Gasteiger partial charge in [-0.2, -0.15) is 5.10 Å². The van der Waals surface area contributed by atoms with Crippen LogP contribution in [0.5, 0.6) is 5.75 Å². The lowest BCUT2D eigenvalue weighted by Crippen LogP contribution is -2.06. The number of thiophene rings is 1. The van der Waals surface area contributed by atoms with Crippen molar-refractivity contribution in [2.75, 3.05) is 0 Å². The average molecular weight is 421 g/mol. The first-order chi connectivity index (χ1) is 12.9. The SMILES string of the molecule is Cn1nc(-c2ccc(Cl)cc2)c2cc(C(=O)Oc3ccc(F)cc3Cl)sc21. The van der Waals surface area contributed by atoms with E-state index in [4.69, 9.17) is 27.9 Å². The molecule has 0 radical (unpaired) electrons. The molecule has 0 saturated carbocycles. The number of hydrogen-bond acceptors (Lipinski definition) is 4. The summed E-state index contributed by atoms with van der Waals surface area (Å²) < 4.78 is 20.2. The van der Waals surface area contributed by atoms with E-state index in [0.29, 0.717) is 9.90 Å². The molecule has 2 aromatic carbocycles. The number of rotatable bonds is 3. The van der Waals surface area contributed by atoms with Gasteiger partial charge in [-0.15, -0.1) is 11.3 Å². The fraction of sp³-hybridized carbons (Fsp3) is 0.0526. The number of halogens is 3. The van der Waals surface area contributed by atoms with E-state index in [-0.39, 0.29) is 10.8 Å². The van der Waals surface area contributed by atoms with E-state index in [1.165, 1.54) is 23.5 Å². The largest absolute Gasteiger partial charge is 0.421 e. The summed E-state index contributed by atoms with van der Waals surface area (Å²) in [5.74, 6) is -0.955. The molecule has 0 spiro atoms. The highest BCUT2D eigenvalue weighted by Crippen LogP contribution is 2.35. The first kappa shape index (κ1) is 18.0. The van der Waals surface area contributed by atoms with Crippen molar-refractivity contribution in [2.45, 2.75) is 0 Å². The van der Waals surface area contributed by atoms with E-state index in [1.807, 2.05) is 19.2 Å². The number of ether oxygens (including phenoxy) is 1. The summed E-state index contributed by atoms with van der Waals surface area (Å²) in [6, 6.07) is 12.7. The Balaban J connectivity index is 1.70. The zero-order valence-electron chi connectivity index (χ0n) is 13.9. The monoisotopic (exact) mass is 420 g/mol. The molecular weight excluding hydrogens is 410 g/mol. The first-order valence-corrected chi connectivity index (χ1v) is 9.39. The summed E-state index contributed by atoms with van der Waals surface area (Å²) in [7, 11) is 1.81. The van der Waals surface area contributed by atoms with Crippen LogP contribution in [-0.2, 0) is 7.05 Å². The molecule has 8 heteroatoms. The maximum Gasteiger partial charge on any atom is 0.353 e. The molecule has 0 N–H and O–H groups in total. The van der Waals surface area contributed by atoms with Crippen LogP contribution in [0.2, 0.25) is 10.0 Å². The van der Waals surface area contributed by atoms with Gasteiger partial charge in [0.2, 0.25) is 0 Å². The van der Waals surface area contributed by atoms with Gasteiger partial charge in [0.1, 0.15) is 27.0 Å². The Morgan fingerprint density at radius 2 is 1.89 bits per heavy atom. The van der Waals surface area contributed by atoms with Crippen LogP contribution < -0.4 is 4.74 Å². The summed E-state index contributed by atoms with van der Waals surface area (Å²) >= 11 is 13.1. The molecule has 0 bridgehead atoms. The minimum absolute atomic E-state index is 0.0352. The molecule has 0 aliphatic rings. The summed E-state index contributed by atoms with van der Waals surface area (Å²) in [6.45, 7) is 0. The zero-order chi connectivity index (χ0) is 19.1. The second kappa shape index (κ2) is 6.96. The number of aromatic nitrogens is 2. The molecular formula is C19H11Cl2FN2O2S. The lowest BCUT2D eigenvalue weighted by molar-refractivity contribution is 0.0740. The fourth-order valence-corrected chi connectivity index (χ4v) is 3.95. The van der Waals surface area contributed by atoms with Gasteiger partial charge in [0.15, 0.2) is 0 Å². The topological polar surface area (TPSA) is 44.1 Å². The van der Waals surface area contributed by atoms with E-state index in [1.54, 1.807) is 22.9 Å². The van der Waals surface area contributed by atoms with Crippen LogP contribution in [0.3, 0.4) is 0 Å². The number of fused-ring (bicyclic) bond motifs is 1. The van der Waals surface area contributed by atoms with E-state index in [2.05, 4.69) is 5.10 Å². The quantitative estimate of drug-likeness (QED) is 0.303. The highest BCUT2D eigenvalue weighted by molar-refractivity contribution is 7.20. The summed E-state index contributed by atoms with van der Waals surface area (Å²) in [4.78, 5) is 13.7. The standard InChI is InChI=1S/C19H11Cl2FN2O2S/c1-24-18-13(17(23-24)10-2-4-11(20)5-3-10)9-16(27-18)19(25)26-15-7-6-12(22)8-14(15)21/h2-9H,1H3. The minimum atomic E-state index is -0.563. The van der Waals surface area contributed by atoms with Crippen molar-refractivity contribution in [3.8, 4) is 17.0 Å². The van der Waals surface area contributed by atoms with Gasteiger partial charge < -0.3 is 4.74 Å². The number of aryl methyl sites for hydroxylation is 1. The van der Waals surface area contributed by atoms with Gasteiger partial charge in [-0.3, -0.25) is 4.68 Å². The van der Waals surface area contributed by atoms with Crippen LogP contribution in [0.25, 0.3) is 21.5 Å². The van der Waals surface area contributed by atoms with Gasteiger partial charge in [-0.05, 0) is 36.4 Å². The Kier molecular flexibility index (Phi) is 4.63. The van der Waals surface area contributed by atoms with Crippen molar-refractivity contribution in [1.82, 2.24) is 9.78 Å². The third-order valence-corrected chi connectivity index (χ3v) is 5.66. The average Bonchev–Trinajstić information content (AvgIpc) is 3.19. The minimum Gasteiger partial charge on any atom is -0.421 e. The number of nitrogens with zero attached hydrogens (tertiary/aromatic N) is 2. The first-order valence-electron chi connectivity index (χ1n) is 7.82. The van der Waals surface area contributed by atoms with Crippen LogP contribution in [0.15, 0.2) is 48.5 Å². The predicted octanol–water partition coefficient (Wildman–Crippen LogP) is 5.97. The van der Waals surface area contributed by atoms with Gasteiger partial charge in [-0.1, -0.05) is 35.3 Å². The molecule has 4 nitrogen and oxygen atoms in total. The van der Waals surface area contributed by atoms with Gasteiger partial charge in [0, 0.05) is 23.0 Å². The second-order valence-electron chi connectivity index (χ2n) is 5.77. The Labute approximate surface area is 167 Å². The molecule has 0 fully saturated rings. The molecule has 4 rings (SSSR count). The van der Waals surface area contributed by atoms with Crippen LogP contribution in [0.4, 0.5) is 4.39 Å². The fourth-order valence-electron chi connectivity index (χ4n) is 2.67. The van der Waals surface area contributed by atoms with E-state index < -0.39 is 11.8 Å². The van der Waals surface area contributed by atoms with Crippen molar-refractivity contribution < 1.29 is 13.9 Å². The molecule has 0 unspecified atom stereocenters. The molecule has 27 heavy (non-hydrogen) atoms. The maximum atomic E-state index is 13.1. The van der Waals surface area contributed by atoms with E-state index in [9.17, 15) is 9.18 Å². The van der Waals surface area contributed by atoms with Gasteiger partial charge in [-0.25, -0.2) is 9.18 Å².